The van der Waals surface area contributed by atoms with Crippen molar-refractivity contribution < 1.29 is 9.53 Å². The molecule has 0 radical (unpaired) electrons. The summed E-state index contributed by atoms with van der Waals surface area (Å²) in [6.07, 6.45) is 1.90. The number of nitrogens with zero attached hydrogens (tertiary/aromatic N) is 3. The number of fused-ring (bicyclic) bond motifs is 1. The fourth-order valence-corrected chi connectivity index (χ4v) is 5.63. The molecule has 7 heteroatoms. The maximum Gasteiger partial charge on any atom is 0.262 e. The third-order valence-corrected chi connectivity index (χ3v) is 7.53. The molecule has 184 valence electrons. The Balaban J connectivity index is 1.41. The Morgan fingerprint density at radius 3 is 2.31 bits per heavy atom. The average molecular weight is 500 g/mol. The third kappa shape index (κ3) is 5.22. The smallest absolute Gasteiger partial charge is 0.262 e. The number of thioether (sulfide) groups is 1. The van der Waals surface area contributed by atoms with Crippen LogP contribution < -0.4 is 5.56 Å². The highest BCUT2D eigenvalue weighted by Gasteiger charge is 2.25. The van der Waals surface area contributed by atoms with Gasteiger partial charge in [0.2, 0.25) is 5.91 Å². The molecule has 1 aromatic heterocycles. The second kappa shape index (κ2) is 11.1. The van der Waals surface area contributed by atoms with Crippen molar-refractivity contribution in [3.05, 3.63) is 106 Å². The Hall–Kier alpha value is -3.42. The van der Waals surface area contributed by atoms with E-state index in [9.17, 15) is 9.59 Å². The highest BCUT2D eigenvalue weighted by Crippen LogP contribution is 2.29. The van der Waals surface area contributed by atoms with Crippen molar-refractivity contribution in [3.63, 3.8) is 0 Å². The number of carbonyl (C=O) groups is 1. The van der Waals surface area contributed by atoms with Gasteiger partial charge >= 0.3 is 0 Å². The molecule has 0 bridgehead atoms. The van der Waals surface area contributed by atoms with Crippen LogP contribution in [0.25, 0.3) is 10.9 Å². The molecule has 0 spiro atoms. The van der Waals surface area contributed by atoms with E-state index in [1.165, 1.54) is 11.8 Å². The summed E-state index contributed by atoms with van der Waals surface area (Å²) in [5.74, 6) is 0.131. The molecule has 36 heavy (non-hydrogen) atoms. The zero-order valence-electron chi connectivity index (χ0n) is 20.2. The van der Waals surface area contributed by atoms with E-state index in [1.54, 1.807) is 15.5 Å². The molecule has 5 rings (SSSR count). The van der Waals surface area contributed by atoms with Gasteiger partial charge in [-0.3, -0.25) is 14.2 Å². The SMILES string of the molecule is CN(C(=O)CSc1nc2ccccc2c(=O)n1CC1CCCO1)C(c1ccccc1)c1ccccc1. The van der Waals surface area contributed by atoms with E-state index in [1.807, 2.05) is 85.9 Å². The zero-order chi connectivity index (χ0) is 24.9. The average Bonchev–Trinajstić information content (AvgIpc) is 3.44. The molecule has 1 amide bonds. The van der Waals surface area contributed by atoms with Crippen molar-refractivity contribution in [2.75, 3.05) is 19.4 Å². The number of carbonyl (C=O) groups excluding carboxylic acids is 1. The molecule has 1 atom stereocenters. The minimum atomic E-state index is -0.209. The van der Waals surface area contributed by atoms with Gasteiger partial charge < -0.3 is 9.64 Å². The molecule has 1 aliphatic rings. The number of rotatable bonds is 8. The predicted molar refractivity (Wildman–Crippen MR) is 143 cm³/mol. The van der Waals surface area contributed by atoms with E-state index in [2.05, 4.69) is 0 Å². The molecular formula is C29H29N3O3S. The lowest BCUT2D eigenvalue weighted by molar-refractivity contribution is -0.128. The quantitative estimate of drug-likeness (QED) is 0.254. The van der Waals surface area contributed by atoms with E-state index in [4.69, 9.17) is 9.72 Å². The molecule has 1 fully saturated rings. The van der Waals surface area contributed by atoms with Crippen LogP contribution in [-0.2, 0) is 16.1 Å². The lowest BCUT2D eigenvalue weighted by Gasteiger charge is -2.29. The van der Waals surface area contributed by atoms with Crippen LogP contribution in [0.15, 0.2) is 94.9 Å². The summed E-state index contributed by atoms with van der Waals surface area (Å²) in [6, 6.07) is 27.2. The Morgan fingerprint density at radius 2 is 1.67 bits per heavy atom. The van der Waals surface area contributed by atoms with E-state index >= 15 is 0 Å². The second-order valence-electron chi connectivity index (χ2n) is 8.98. The first kappa shape index (κ1) is 24.3. The number of aromatic nitrogens is 2. The summed E-state index contributed by atoms with van der Waals surface area (Å²) in [5, 5.41) is 1.13. The number of hydrogen-bond donors (Lipinski definition) is 0. The predicted octanol–water partition coefficient (Wildman–Crippen LogP) is 4.92. The molecule has 4 aromatic rings. The molecule has 1 unspecified atom stereocenters. The maximum atomic E-state index is 13.5. The molecular weight excluding hydrogens is 470 g/mol. The van der Waals surface area contributed by atoms with Gasteiger partial charge in [-0.05, 0) is 36.1 Å². The van der Waals surface area contributed by atoms with E-state index in [0.717, 1.165) is 24.0 Å². The number of ether oxygens (including phenoxy) is 1. The van der Waals surface area contributed by atoms with Gasteiger partial charge in [0.15, 0.2) is 5.16 Å². The fraction of sp³-hybridized carbons (Fsp3) is 0.276. The van der Waals surface area contributed by atoms with Crippen molar-refractivity contribution in [3.8, 4) is 0 Å². The van der Waals surface area contributed by atoms with Gasteiger partial charge in [-0.25, -0.2) is 4.98 Å². The minimum Gasteiger partial charge on any atom is -0.376 e. The molecule has 3 aromatic carbocycles. The van der Waals surface area contributed by atoms with E-state index in [-0.39, 0.29) is 29.4 Å². The minimum absolute atomic E-state index is 0.0103. The molecule has 0 saturated carbocycles. The van der Waals surface area contributed by atoms with Gasteiger partial charge in [0.05, 0.1) is 35.3 Å². The van der Waals surface area contributed by atoms with Gasteiger partial charge in [0.1, 0.15) is 0 Å². The summed E-state index contributed by atoms with van der Waals surface area (Å²) in [4.78, 5) is 33.4. The van der Waals surface area contributed by atoms with Crippen LogP contribution >= 0.6 is 11.8 Å². The van der Waals surface area contributed by atoms with Crippen LogP contribution in [0.3, 0.4) is 0 Å². The van der Waals surface area contributed by atoms with Crippen molar-refractivity contribution in [1.29, 1.82) is 0 Å². The number of hydrogen-bond acceptors (Lipinski definition) is 5. The molecule has 0 N–H and O–H groups in total. The number of para-hydroxylation sites is 1. The van der Waals surface area contributed by atoms with Crippen LogP contribution in [0.1, 0.15) is 30.0 Å². The van der Waals surface area contributed by atoms with Crippen LogP contribution in [0.4, 0.5) is 0 Å². The molecule has 2 heterocycles. The molecule has 6 nitrogen and oxygen atoms in total. The molecule has 1 saturated heterocycles. The fourth-order valence-electron chi connectivity index (χ4n) is 4.69. The first-order valence-electron chi connectivity index (χ1n) is 12.2. The summed E-state index contributed by atoms with van der Waals surface area (Å²) in [7, 11) is 1.83. The molecule has 1 aliphatic heterocycles. The van der Waals surface area contributed by atoms with Gasteiger partial charge in [0, 0.05) is 13.7 Å². The summed E-state index contributed by atoms with van der Waals surface area (Å²) in [5.41, 5.74) is 2.64. The van der Waals surface area contributed by atoms with Crippen LogP contribution in [0, 0.1) is 0 Å². The monoisotopic (exact) mass is 499 g/mol. The lowest BCUT2D eigenvalue weighted by atomic mass is 9.97. The lowest BCUT2D eigenvalue weighted by Crippen LogP contribution is -2.34. The van der Waals surface area contributed by atoms with E-state index in [0.29, 0.717) is 29.2 Å². The highest BCUT2D eigenvalue weighted by molar-refractivity contribution is 7.99. The molecule has 0 aliphatic carbocycles. The van der Waals surface area contributed by atoms with Crippen LogP contribution in [0.5, 0.6) is 0 Å². The zero-order valence-corrected chi connectivity index (χ0v) is 21.1. The topological polar surface area (TPSA) is 64.4 Å². The normalized spacial score (nSPS) is 15.4. The Labute approximate surface area is 214 Å². The van der Waals surface area contributed by atoms with Crippen LogP contribution in [-0.4, -0.2) is 45.9 Å². The summed E-state index contributed by atoms with van der Waals surface area (Å²) >= 11 is 1.31. The van der Waals surface area contributed by atoms with Crippen molar-refractivity contribution in [2.45, 2.75) is 36.7 Å². The number of benzene rings is 3. The first-order valence-corrected chi connectivity index (χ1v) is 13.2. The van der Waals surface area contributed by atoms with Crippen LogP contribution in [0.2, 0.25) is 0 Å². The van der Waals surface area contributed by atoms with Crippen molar-refractivity contribution in [1.82, 2.24) is 14.5 Å². The van der Waals surface area contributed by atoms with Crippen molar-refractivity contribution in [2.24, 2.45) is 0 Å². The Morgan fingerprint density at radius 1 is 1.03 bits per heavy atom. The third-order valence-electron chi connectivity index (χ3n) is 6.57. The Kier molecular flexibility index (Phi) is 7.49. The Bertz CT molecular complexity index is 1350. The van der Waals surface area contributed by atoms with Gasteiger partial charge in [-0.1, -0.05) is 84.6 Å². The number of amides is 1. The highest BCUT2D eigenvalue weighted by atomic mass is 32.2. The largest absolute Gasteiger partial charge is 0.376 e. The standard InChI is InChI=1S/C29H29N3O3S/c1-31(27(21-11-4-2-5-12-21)22-13-6-3-7-14-22)26(33)20-36-29-30-25-17-9-8-16-24(25)28(34)32(29)19-23-15-10-18-35-23/h2-9,11-14,16-17,23,27H,10,15,18-20H2,1H3. The van der Waals surface area contributed by atoms with Gasteiger partial charge in [0.25, 0.3) is 5.56 Å². The summed E-state index contributed by atoms with van der Waals surface area (Å²) in [6.45, 7) is 1.16. The van der Waals surface area contributed by atoms with E-state index < -0.39 is 0 Å². The first-order chi connectivity index (χ1) is 17.6. The summed E-state index contributed by atoms with van der Waals surface area (Å²) < 4.78 is 7.48. The van der Waals surface area contributed by atoms with Crippen molar-refractivity contribution >= 4 is 28.6 Å². The van der Waals surface area contributed by atoms with Gasteiger partial charge in [-0.2, -0.15) is 0 Å². The second-order valence-corrected chi connectivity index (χ2v) is 9.92. The maximum absolute atomic E-state index is 13.5. The van der Waals surface area contributed by atoms with Gasteiger partial charge in [-0.15, -0.1) is 0 Å².